The number of carboxylic acid groups (broad SMARTS) is 1. The maximum atomic E-state index is 14.2. The lowest BCUT2D eigenvalue weighted by atomic mass is 9.92. The van der Waals surface area contributed by atoms with Crippen molar-refractivity contribution < 1.29 is 18.7 Å². The van der Waals surface area contributed by atoms with E-state index in [2.05, 4.69) is 5.32 Å². The van der Waals surface area contributed by atoms with E-state index >= 15 is 0 Å². The van der Waals surface area contributed by atoms with Crippen LogP contribution in [0.2, 0.25) is 0 Å². The molecule has 1 aromatic rings. The highest BCUT2D eigenvalue weighted by Crippen LogP contribution is 2.27. The molecule has 0 saturated carbocycles. The Balaban J connectivity index is 2.09. The zero-order valence-corrected chi connectivity index (χ0v) is 11.3. The number of rotatable bonds is 4. The minimum atomic E-state index is -3.10. The molecule has 6 heteroatoms. The second-order valence-electron chi connectivity index (χ2n) is 4.96. The fourth-order valence-electron chi connectivity index (χ4n) is 2.43. The minimum Gasteiger partial charge on any atom is -0.465 e. The van der Waals surface area contributed by atoms with Crippen LogP contribution in [0.5, 0.6) is 0 Å². The molecule has 0 saturated heterocycles. The van der Waals surface area contributed by atoms with E-state index < -0.39 is 24.6 Å². The Morgan fingerprint density at radius 2 is 2.10 bits per heavy atom. The predicted octanol–water partition coefficient (Wildman–Crippen LogP) is 2.34. The molecule has 20 heavy (non-hydrogen) atoms. The highest BCUT2D eigenvalue weighted by atomic mass is 19.3. The zero-order valence-electron chi connectivity index (χ0n) is 11.3. The van der Waals surface area contributed by atoms with Gasteiger partial charge in [-0.3, -0.25) is 0 Å². The summed E-state index contributed by atoms with van der Waals surface area (Å²) < 4.78 is 28.5. The summed E-state index contributed by atoms with van der Waals surface area (Å²) in [6, 6.07) is 6.42. The Labute approximate surface area is 116 Å². The van der Waals surface area contributed by atoms with Crippen LogP contribution in [0.3, 0.4) is 0 Å². The molecular formula is C14H18F2N2O2. The molecule has 2 N–H and O–H groups in total. The number of carbonyl (C=O) groups is 1. The SMILES string of the molecule is CCN(CC(F)(F)C1Cc2ccccc2CN1)C(=O)O. The molecule has 1 aromatic carbocycles. The lowest BCUT2D eigenvalue weighted by molar-refractivity contribution is -0.0606. The molecule has 1 unspecified atom stereocenters. The number of hydrogen-bond donors (Lipinski definition) is 2. The summed E-state index contributed by atoms with van der Waals surface area (Å²) in [5.74, 6) is -3.10. The molecule has 1 heterocycles. The third kappa shape index (κ3) is 3.07. The number of hydrogen-bond acceptors (Lipinski definition) is 2. The third-order valence-corrected chi connectivity index (χ3v) is 3.65. The number of benzene rings is 1. The molecule has 0 radical (unpaired) electrons. The molecule has 1 aliphatic rings. The van der Waals surface area contributed by atoms with Crippen molar-refractivity contribution in [2.45, 2.75) is 31.9 Å². The normalized spacial score (nSPS) is 18.4. The maximum Gasteiger partial charge on any atom is 0.407 e. The highest BCUT2D eigenvalue weighted by molar-refractivity contribution is 5.65. The van der Waals surface area contributed by atoms with Gasteiger partial charge in [0.05, 0.1) is 12.6 Å². The van der Waals surface area contributed by atoms with Crippen molar-refractivity contribution in [3.05, 3.63) is 35.4 Å². The quantitative estimate of drug-likeness (QED) is 0.892. The van der Waals surface area contributed by atoms with Gasteiger partial charge in [-0.25, -0.2) is 13.6 Å². The molecule has 110 valence electrons. The number of nitrogens with zero attached hydrogens (tertiary/aromatic N) is 1. The Bertz CT molecular complexity index is 494. The average molecular weight is 284 g/mol. The monoisotopic (exact) mass is 284 g/mol. The largest absolute Gasteiger partial charge is 0.465 e. The second kappa shape index (κ2) is 5.75. The minimum absolute atomic E-state index is 0.0498. The molecule has 0 spiro atoms. The van der Waals surface area contributed by atoms with Gasteiger partial charge in [0, 0.05) is 13.1 Å². The first-order valence-corrected chi connectivity index (χ1v) is 6.60. The van der Waals surface area contributed by atoms with Crippen molar-refractivity contribution in [3.8, 4) is 0 Å². The van der Waals surface area contributed by atoms with Gasteiger partial charge in [-0.1, -0.05) is 24.3 Å². The van der Waals surface area contributed by atoms with Crippen molar-refractivity contribution in [1.82, 2.24) is 10.2 Å². The van der Waals surface area contributed by atoms with Crippen molar-refractivity contribution >= 4 is 6.09 Å². The Hall–Kier alpha value is -1.69. The summed E-state index contributed by atoms with van der Waals surface area (Å²) in [5, 5.41) is 11.7. The smallest absolute Gasteiger partial charge is 0.407 e. The summed E-state index contributed by atoms with van der Waals surface area (Å²) in [7, 11) is 0. The molecular weight excluding hydrogens is 266 g/mol. The van der Waals surface area contributed by atoms with Crippen LogP contribution < -0.4 is 5.32 Å². The van der Waals surface area contributed by atoms with Gasteiger partial charge < -0.3 is 15.3 Å². The van der Waals surface area contributed by atoms with E-state index in [9.17, 15) is 13.6 Å². The predicted molar refractivity (Wildman–Crippen MR) is 71.0 cm³/mol. The standard InChI is InChI=1S/C14H18F2N2O2/c1-2-18(13(19)20)9-14(15,16)12-7-10-5-3-4-6-11(10)8-17-12/h3-6,12,17H,2,7-9H2,1H3,(H,19,20). The maximum absolute atomic E-state index is 14.2. The van der Waals surface area contributed by atoms with E-state index in [0.29, 0.717) is 6.54 Å². The summed E-state index contributed by atoms with van der Waals surface area (Å²) in [5.41, 5.74) is 1.92. The molecule has 1 amide bonds. The van der Waals surface area contributed by atoms with E-state index in [1.54, 1.807) is 6.92 Å². The van der Waals surface area contributed by atoms with Crippen molar-refractivity contribution in [1.29, 1.82) is 0 Å². The Morgan fingerprint density at radius 3 is 2.70 bits per heavy atom. The Kier molecular flexibility index (Phi) is 4.23. The zero-order chi connectivity index (χ0) is 14.8. The number of alkyl halides is 2. The topological polar surface area (TPSA) is 52.6 Å². The van der Waals surface area contributed by atoms with Gasteiger partial charge in [0.2, 0.25) is 0 Å². The fourth-order valence-corrected chi connectivity index (χ4v) is 2.43. The van der Waals surface area contributed by atoms with Gasteiger partial charge in [0.15, 0.2) is 0 Å². The van der Waals surface area contributed by atoms with Crippen molar-refractivity contribution in [3.63, 3.8) is 0 Å². The van der Waals surface area contributed by atoms with Gasteiger partial charge in [-0.15, -0.1) is 0 Å². The first-order chi connectivity index (χ1) is 9.44. The molecule has 1 aliphatic heterocycles. The van der Waals surface area contributed by atoms with Crippen molar-refractivity contribution in [2.24, 2.45) is 0 Å². The lowest BCUT2D eigenvalue weighted by Gasteiger charge is -2.34. The van der Waals surface area contributed by atoms with Crippen LogP contribution in [0.1, 0.15) is 18.1 Å². The summed E-state index contributed by atoms with van der Waals surface area (Å²) in [6.07, 6.45) is -1.11. The lowest BCUT2D eigenvalue weighted by Crippen LogP contribution is -2.54. The van der Waals surface area contributed by atoms with Gasteiger partial charge >= 0.3 is 6.09 Å². The molecule has 0 aromatic heterocycles. The Morgan fingerprint density at radius 1 is 1.45 bits per heavy atom. The summed E-state index contributed by atoms with van der Waals surface area (Å²) in [4.78, 5) is 11.6. The van der Waals surface area contributed by atoms with Gasteiger partial charge in [0.1, 0.15) is 0 Å². The number of nitrogens with one attached hydrogen (secondary N) is 1. The summed E-state index contributed by atoms with van der Waals surface area (Å²) in [6.45, 7) is 1.20. The molecule has 0 aliphatic carbocycles. The molecule has 0 fully saturated rings. The van der Waals surface area contributed by atoms with Gasteiger partial charge in [-0.05, 0) is 24.5 Å². The number of halogens is 2. The molecule has 1 atom stereocenters. The summed E-state index contributed by atoms with van der Waals surface area (Å²) >= 11 is 0. The second-order valence-corrected chi connectivity index (χ2v) is 4.96. The fraction of sp³-hybridized carbons (Fsp3) is 0.500. The van der Waals surface area contributed by atoms with Crippen LogP contribution in [-0.4, -0.2) is 41.2 Å². The van der Waals surface area contributed by atoms with Gasteiger partial charge in [-0.2, -0.15) is 0 Å². The van der Waals surface area contributed by atoms with Crippen LogP contribution in [0.4, 0.5) is 13.6 Å². The van der Waals surface area contributed by atoms with E-state index in [1.165, 1.54) is 0 Å². The van der Waals surface area contributed by atoms with Crippen LogP contribution >= 0.6 is 0 Å². The van der Waals surface area contributed by atoms with E-state index in [4.69, 9.17) is 5.11 Å². The first-order valence-electron chi connectivity index (χ1n) is 6.60. The highest BCUT2D eigenvalue weighted by Gasteiger charge is 2.43. The third-order valence-electron chi connectivity index (χ3n) is 3.65. The van der Waals surface area contributed by atoms with E-state index in [-0.39, 0.29) is 13.0 Å². The average Bonchev–Trinajstić information content (AvgIpc) is 2.44. The van der Waals surface area contributed by atoms with Gasteiger partial charge in [0.25, 0.3) is 5.92 Å². The van der Waals surface area contributed by atoms with Crippen molar-refractivity contribution in [2.75, 3.05) is 13.1 Å². The van der Waals surface area contributed by atoms with Crippen LogP contribution in [0, 0.1) is 0 Å². The first kappa shape index (κ1) is 14.7. The van der Waals surface area contributed by atoms with Crippen LogP contribution in [0.15, 0.2) is 24.3 Å². The number of fused-ring (bicyclic) bond motifs is 1. The molecule has 2 rings (SSSR count). The van der Waals surface area contributed by atoms with E-state index in [0.717, 1.165) is 16.0 Å². The van der Waals surface area contributed by atoms with Crippen LogP contribution in [-0.2, 0) is 13.0 Å². The molecule has 4 nitrogen and oxygen atoms in total. The van der Waals surface area contributed by atoms with E-state index in [1.807, 2.05) is 24.3 Å². The molecule has 0 bridgehead atoms. The van der Waals surface area contributed by atoms with Crippen LogP contribution in [0.25, 0.3) is 0 Å². The number of amides is 1.